The second-order valence-corrected chi connectivity index (χ2v) is 5.15. The quantitative estimate of drug-likeness (QED) is 0.825. The number of hydrogen-bond acceptors (Lipinski definition) is 4. The van der Waals surface area contributed by atoms with Crippen molar-refractivity contribution in [3.8, 4) is 5.75 Å². The van der Waals surface area contributed by atoms with Gasteiger partial charge < -0.3 is 10.4 Å². The van der Waals surface area contributed by atoms with Crippen molar-refractivity contribution in [3.63, 3.8) is 0 Å². The van der Waals surface area contributed by atoms with Gasteiger partial charge in [-0.1, -0.05) is 17.3 Å². The van der Waals surface area contributed by atoms with E-state index in [1.165, 1.54) is 12.8 Å². The first-order valence-corrected chi connectivity index (χ1v) is 6.67. The highest BCUT2D eigenvalue weighted by Gasteiger charge is 2.20. The number of phenolic OH excluding ortho intramolecular Hbond substituents is 1. The van der Waals surface area contributed by atoms with Crippen LogP contribution in [0.1, 0.15) is 24.1 Å². The molecule has 0 bridgehead atoms. The molecule has 0 amide bonds. The topological polar surface area (TPSA) is 63.0 Å². The molecule has 100 valence electrons. The highest BCUT2D eigenvalue weighted by molar-refractivity contribution is 5.27. The van der Waals surface area contributed by atoms with Gasteiger partial charge in [0.2, 0.25) is 0 Å². The average Bonchev–Trinajstić information content (AvgIpc) is 3.10. The summed E-state index contributed by atoms with van der Waals surface area (Å²) in [5.74, 6) is 1.16. The standard InChI is InChI=1S/C14H18N4O/c19-14-3-1-2-12(6-14)9-18-10-13(16-17-18)8-15-7-11-4-5-11/h1-3,6,10-11,15,19H,4-5,7-9H2. The van der Waals surface area contributed by atoms with E-state index in [1.54, 1.807) is 16.8 Å². The van der Waals surface area contributed by atoms with Gasteiger partial charge in [-0.15, -0.1) is 5.10 Å². The predicted octanol–water partition coefficient (Wildman–Crippen LogP) is 1.53. The molecule has 0 atom stereocenters. The fraction of sp³-hybridized carbons (Fsp3) is 0.429. The van der Waals surface area contributed by atoms with Crippen molar-refractivity contribution in [2.45, 2.75) is 25.9 Å². The van der Waals surface area contributed by atoms with Crippen LogP contribution in [0, 0.1) is 5.92 Å². The van der Waals surface area contributed by atoms with E-state index in [0.29, 0.717) is 6.54 Å². The zero-order chi connectivity index (χ0) is 13.1. The van der Waals surface area contributed by atoms with Crippen LogP contribution in [0.25, 0.3) is 0 Å². The molecule has 0 radical (unpaired) electrons. The smallest absolute Gasteiger partial charge is 0.115 e. The largest absolute Gasteiger partial charge is 0.508 e. The Labute approximate surface area is 112 Å². The third-order valence-electron chi connectivity index (χ3n) is 3.28. The summed E-state index contributed by atoms with van der Waals surface area (Å²) in [6.45, 7) is 2.49. The number of benzene rings is 1. The maximum absolute atomic E-state index is 9.42. The molecule has 1 saturated carbocycles. The molecule has 1 heterocycles. The van der Waals surface area contributed by atoms with E-state index in [-0.39, 0.29) is 5.75 Å². The summed E-state index contributed by atoms with van der Waals surface area (Å²) in [6.07, 6.45) is 4.67. The van der Waals surface area contributed by atoms with Gasteiger partial charge in [0.1, 0.15) is 5.75 Å². The third kappa shape index (κ3) is 3.54. The number of rotatable bonds is 6. The molecule has 3 rings (SSSR count). The van der Waals surface area contributed by atoms with Crippen molar-refractivity contribution < 1.29 is 5.11 Å². The van der Waals surface area contributed by atoms with Crippen molar-refractivity contribution in [2.75, 3.05) is 6.54 Å². The van der Waals surface area contributed by atoms with Gasteiger partial charge in [0.15, 0.2) is 0 Å². The molecular weight excluding hydrogens is 240 g/mol. The Hall–Kier alpha value is -1.88. The van der Waals surface area contributed by atoms with Gasteiger partial charge in [-0.25, -0.2) is 4.68 Å². The Balaban J connectivity index is 1.54. The highest BCUT2D eigenvalue weighted by atomic mass is 16.3. The maximum Gasteiger partial charge on any atom is 0.115 e. The van der Waals surface area contributed by atoms with Crippen LogP contribution in [-0.4, -0.2) is 26.6 Å². The van der Waals surface area contributed by atoms with Crippen LogP contribution >= 0.6 is 0 Å². The Morgan fingerprint density at radius 2 is 2.26 bits per heavy atom. The van der Waals surface area contributed by atoms with Crippen molar-refractivity contribution in [3.05, 3.63) is 41.7 Å². The molecule has 1 aromatic heterocycles. The minimum atomic E-state index is 0.281. The van der Waals surface area contributed by atoms with E-state index in [2.05, 4.69) is 15.6 Å². The summed E-state index contributed by atoms with van der Waals surface area (Å²) in [5.41, 5.74) is 1.98. The summed E-state index contributed by atoms with van der Waals surface area (Å²) in [6, 6.07) is 7.21. The van der Waals surface area contributed by atoms with Crippen LogP contribution < -0.4 is 5.32 Å². The highest BCUT2D eigenvalue weighted by Crippen LogP contribution is 2.27. The van der Waals surface area contributed by atoms with Crippen molar-refractivity contribution in [1.82, 2.24) is 20.3 Å². The molecule has 1 aromatic carbocycles. The van der Waals surface area contributed by atoms with Crippen LogP contribution in [0.4, 0.5) is 0 Å². The molecular formula is C14H18N4O. The second-order valence-electron chi connectivity index (χ2n) is 5.15. The Morgan fingerprint density at radius 1 is 1.37 bits per heavy atom. The molecule has 2 aromatic rings. The molecule has 2 N–H and O–H groups in total. The molecule has 1 aliphatic rings. The first kappa shape index (κ1) is 12.2. The van der Waals surface area contributed by atoms with Gasteiger partial charge in [0.25, 0.3) is 0 Å². The number of nitrogens with zero attached hydrogens (tertiary/aromatic N) is 3. The molecule has 1 aliphatic carbocycles. The Morgan fingerprint density at radius 3 is 3.05 bits per heavy atom. The fourth-order valence-corrected chi connectivity index (χ4v) is 2.07. The lowest BCUT2D eigenvalue weighted by molar-refractivity contribution is 0.474. The van der Waals surface area contributed by atoms with Gasteiger partial charge in [-0.3, -0.25) is 0 Å². The number of hydrogen-bond donors (Lipinski definition) is 2. The van der Waals surface area contributed by atoms with E-state index in [1.807, 2.05) is 18.3 Å². The van der Waals surface area contributed by atoms with Crippen LogP contribution in [-0.2, 0) is 13.1 Å². The van der Waals surface area contributed by atoms with Gasteiger partial charge in [-0.05, 0) is 43.0 Å². The van der Waals surface area contributed by atoms with E-state index in [4.69, 9.17) is 0 Å². The number of nitrogens with one attached hydrogen (secondary N) is 1. The van der Waals surface area contributed by atoms with Crippen molar-refractivity contribution in [1.29, 1.82) is 0 Å². The SMILES string of the molecule is Oc1cccc(Cn2cc(CNCC3CC3)nn2)c1. The zero-order valence-corrected chi connectivity index (χ0v) is 10.8. The third-order valence-corrected chi connectivity index (χ3v) is 3.28. The normalized spacial score (nSPS) is 14.7. The zero-order valence-electron chi connectivity index (χ0n) is 10.8. The summed E-state index contributed by atoms with van der Waals surface area (Å²) >= 11 is 0. The lowest BCUT2D eigenvalue weighted by atomic mass is 10.2. The monoisotopic (exact) mass is 258 g/mol. The maximum atomic E-state index is 9.42. The van der Waals surface area contributed by atoms with Crippen molar-refractivity contribution in [2.24, 2.45) is 5.92 Å². The van der Waals surface area contributed by atoms with Gasteiger partial charge in [0, 0.05) is 6.54 Å². The summed E-state index contributed by atoms with van der Waals surface area (Å²) < 4.78 is 1.79. The first-order valence-electron chi connectivity index (χ1n) is 6.67. The second kappa shape index (κ2) is 5.40. The number of phenols is 1. The fourth-order valence-electron chi connectivity index (χ4n) is 2.07. The minimum absolute atomic E-state index is 0.281. The van der Waals surface area contributed by atoms with Crippen molar-refractivity contribution >= 4 is 0 Å². The lowest BCUT2D eigenvalue weighted by Gasteiger charge is -2.01. The number of aromatic hydroxyl groups is 1. The molecule has 0 saturated heterocycles. The van der Waals surface area contributed by atoms with Gasteiger partial charge in [-0.2, -0.15) is 0 Å². The van der Waals surface area contributed by atoms with Crippen LogP contribution in [0.2, 0.25) is 0 Å². The molecule has 19 heavy (non-hydrogen) atoms. The molecule has 0 unspecified atom stereocenters. The lowest BCUT2D eigenvalue weighted by Crippen LogP contribution is -2.16. The minimum Gasteiger partial charge on any atom is -0.508 e. The molecule has 5 nitrogen and oxygen atoms in total. The molecule has 1 fully saturated rings. The van der Waals surface area contributed by atoms with Gasteiger partial charge >= 0.3 is 0 Å². The van der Waals surface area contributed by atoms with Crippen LogP contribution in [0.5, 0.6) is 5.75 Å². The molecule has 5 heteroatoms. The summed E-state index contributed by atoms with van der Waals surface area (Å²) in [7, 11) is 0. The summed E-state index contributed by atoms with van der Waals surface area (Å²) in [5, 5.41) is 21.0. The van der Waals surface area contributed by atoms with Crippen LogP contribution in [0.15, 0.2) is 30.5 Å². The van der Waals surface area contributed by atoms with E-state index in [0.717, 1.165) is 30.3 Å². The Bertz CT molecular complexity index is 548. The number of aromatic nitrogens is 3. The van der Waals surface area contributed by atoms with E-state index < -0.39 is 0 Å². The Kier molecular flexibility index (Phi) is 3.46. The predicted molar refractivity (Wildman–Crippen MR) is 71.7 cm³/mol. The molecule has 0 spiro atoms. The first-order chi connectivity index (χ1) is 9.29. The average molecular weight is 258 g/mol. The van der Waals surface area contributed by atoms with Gasteiger partial charge in [0.05, 0.1) is 18.4 Å². The molecule has 0 aliphatic heterocycles. The van der Waals surface area contributed by atoms with E-state index in [9.17, 15) is 5.11 Å². The summed E-state index contributed by atoms with van der Waals surface area (Å²) in [4.78, 5) is 0. The van der Waals surface area contributed by atoms with E-state index >= 15 is 0 Å². The van der Waals surface area contributed by atoms with Crippen LogP contribution in [0.3, 0.4) is 0 Å².